The van der Waals surface area contributed by atoms with Gasteiger partial charge in [0.15, 0.2) is 5.60 Å². The van der Waals surface area contributed by atoms with Crippen LogP contribution in [0.5, 0.6) is 5.75 Å². The Morgan fingerprint density at radius 3 is 2.39 bits per heavy atom. The van der Waals surface area contributed by atoms with Crippen LogP contribution in [0.25, 0.3) is 0 Å². The number of para-hydroxylation sites is 1. The number of hydrogen-bond donors (Lipinski definition) is 1. The maximum Gasteiger partial charge on any atom is 0.257 e. The van der Waals surface area contributed by atoms with Gasteiger partial charge in [0.05, 0.1) is 26.2 Å². The molecule has 1 fully saturated rings. The second-order valence-electron chi connectivity index (χ2n) is 10.6. The normalized spacial score (nSPS) is 19.9. The summed E-state index contributed by atoms with van der Waals surface area (Å²) in [5.41, 5.74) is 1.49. The zero-order chi connectivity index (χ0) is 28.5. The molecule has 0 saturated carbocycles. The highest BCUT2D eigenvalue weighted by Gasteiger charge is 2.46. The van der Waals surface area contributed by atoms with Gasteiger partial charge in [-0.1, -0.05) is 66.7 Å². The van der Waals surface area contributed by atoms with Crippen molar-refractivity contribution in [2.45, 2.75) is 37.8 Å². The summed E-state index contributed by atoms with van der Waals surface area (Å²) in [5.74, 6) is 0.184. The van der Waals surface area contributed by atoms with Crippen LogP contribution in [-0.2, 0) is 27.3 Å². The molecule has 214 valence electrons. The van der Waals surface area contributed by atoms with E-state index in [0.717, 1.165) is 36.1 Å². The molecule has 8 nitrogen and oxygen atoms in total. The first-order valence-corrected chi connectivity index (χ1v) is 14.3. The van der Waals surface area contributed by atoms with Crippen LogP contribution in [0.1, 0.15) is 40.7 Å². The van der Waals surface area contributed by atoms with Crippen LogP contribution < -0.4 is 10.1 Å². The van der Waals surface area contributed by atoms with E-state index in [9.17, 15) is 14.4 Å². The number of ether oxygens (including phenoxy) is 2. The van der Waals surface area contributed by atoms with E-state index >= 15 is 0 Å². The minimum absolute atomic E-state index is 0.135. The van der Waals surface area contributed by atoms with Crippen LogP contribution >= 0.6 is 0 Å². The molecule has 0 bridgehead atoms. The monoisotopic (exact) mass is 555 g/mol. The van der Waals surface area contributed by atoms with E-state index in [1.165, 1.54) is 0 Å². The molecule has 1 saturated heterocycles. The van der Waals surface area contributed by atoms with Gasteiger partial charge in [0.1, 0.15) is 12.4 Å². The first kappa shape index (κ1) is 28.4. The topological polar surface area (TPSA) is 88.2 Å². The summed E-state index contributed by atoms with van der Waals surface area (Å²) in [7, 11) is 0. The number of morpholine rings is 1. The second-order valence-corrected chi connectivity index (χ2v) is 10.6. The van der Waals surface area contributed by atoms with E-state index in [1.54, 1.807) is 34.1 Å². The molecule has 8 heteroatoms. The average Bonchev–Trinajstić information content (AvgIpc) is 3.02. The Kier molecular flexibility index (Phi) is 9.31. The Bertz CT molecular complexity index is 1330. The number of hydrogen-bond acceptors (Lipinski definition) is 5. The van der Waals surface area contributed by atoms with E-state index in [1.807, 2.05) is 54.6 Å². The average molecular weight is 556 g/mol. The van der Waals surface area contributed by atoms with Crippen molar-refractivity contribution in [1.82, 2.24) is 15.1 Å². The van der Waals surface area contributed by atoms with E-state index in [2.05, 4.69) is 11.4 Å². The zero-order valence-electron chi connectivity index (χ0n) is 23.3. The fraction of sp³-hybridized carbons (Fsp3) is 0.364. The Labute approximate surface area is 241 Å². The molecule has 2 heterocycles. The Hall–Kier alpha value is -4.17. The molecule has 3 aromatic carbocycles. The SMILES string of the molecule is O=C(NCC(=O)N1CCOC2(CCCCc3ccccc3OCCN(Cc3ccccc3)C2=O)C1)c1ccccc1. The molecule has 1 atom stereocenters. The van der Waals surface area contributed by atoms with Crippen molar-refractivity contribution >= 4 is 17.7 Å². The first-order valence-electron chi connectivity index (χ1n) is 14.3. The maximum absolute atomic E-state index is 14.3. The maximum atomic E-state index is 14.3. The van der Waals surface area contributed by atoms with E-state index in [0.29, 0.717) is 38.2 Å². The number of nitrogens with zero attached hydrogens (tertiary/aromatic N) is 2. The molecule has 0 aliphatic carbocycles. The fourth-order valence-corrected chi connectivity index (χ4v) is 5.53. The smallest absolute Gasteiger partial charge is 0.257 e. The number of amides is 3. The van der Waals surface area contributed by atoms with Crippen molar-refractivity contribution in [3.63, 3.8) is 0 Å². The summed E-state index contributed by atoms with van der Waals surface area (Å²) in [6.07, 6.45) is 2.95. The van der Waals surface area contributed by atoms with Gasteiger partial charge in [-0.2, -0.15) is 0 Å². The van der Waals surface area contributed by atoms with E-state index in [4.69, 9.17) is 9.47 Å². The molecule has 0 aromatic heterocycles. The molecule has 1 unspecified atom stereocenters. The highest BCUT2D eigenvalue weighted by Crippen LogP contribution is 2.30. The lowest BCUT2D eigenvalue weighted by molar-refractivity contribution is -0.177. The fourth-order valence-electron chi connectivity index (χ4n) is 5.53. The number of benzene rings is 3. The molecular formula is C33H37N3O5. The van der Waals surface area contributed by atoms with Gasteiger partial charge >= 0.3 is 0 Å². The predicted octanol–water partition coefficient (Wildman–Crippen LogP) is 3.85. The van der Waals surface area contributed by atoms with Gasteiger partial charge in [-0.25, -0.2) is 0 Å². The van der Waals surface area contributed by atoms with Gasteiger partial charge in [-0.15, -0.1) is 0 Å². The number of rotatable bonds is 5. The summed E-state index contributed by atoms with van der Waals surface area (Å²) in [6, 6.07) is 26.7. The van der Waals surface area contributed by atoms with Crippen molar-refractivity contribution in [1.29, 1.82) is 0 Å². The van der Waals surface area contributed by atoms with Gasteiger partial charge in [0.25, 0.3) is 11.8 Å². The van der Waals surface area contributed by atoms with Gasteiger partial charge in [0.2, 0.25) is 5.91 Å². The van der Waals surface area contributed by atoms with Crippen molar-refractivity contribution in [3.05, 3.63) is 102 Å². The lowest BCUT2D eigenvalue weighted by atomic mass is 9.90. The third-order valence-corrected chi connectivity index (χ3v) is 7.74. The Balaban J connectivity index is 1.34. The van der Waals surface area contributed by atoms with Gasteiger partial charge in [0, 0.05) is 18.7 Å². The summed E-state index contributed by atoms with van der Waals surface area (Å²) in [4.78, 5) is 43.6. The van der Waals surface area contributed by atoms with Crippen LogP contribution in [0.2, 0.25) is 0 Å². The van der Waals surface area contributed by atoms with Gasteiger partial charge < -0.3 is 24.6 Å². The predicted molar refractivity (Wildman–Crippen MR) is 155 cm³/mol. The molecule has 0 radical (unpaired) electrons. The Morgan fingerprint density at radius 1 is 0.854 bits per heavy atom. The minimum Gasteiger partial charge on any atom is -0.491 e. The van der Waals surface area contributed by atoms with Gasteiger partial charge in [-0.3, -0.25) is 14.4 Å². The molecule has 5 rings (SSSR count). The Morgan fingerprint density at radius 2 is 1.59 bits per heavy atom. The molecule has 2 aliphatic heterocycles. The molecule has 1 spiro atoms. The number of nitrogens with one attached hydrogen (secondary N) is 1. The van der Waals surface area contributed by atoms with Crippen molar-refractivity contribution in [3.8, 4) is 5.75 Å². The third kappa shape index (κ3) is 7.13. The van der Waals surface area contributed by atoms with E-state index < -0.39 is 5.60 Å². The van der Waals surface area contributed by atoms with Crippen molar-refractivity contribution < 1.29 is 23.9 Å². The standard InChI is InChI=1S/C33H37N3O5/c37-30(23-34-31(38)28-15-5-2-6-16-28)36-20-22-41-33(25-36)18-10-9-14-27-13-7-8-17-29(27)40-21-19-35(32(33)39)24-26-11-3-1-4-12-26/h1-8,11-13,15-17H,9-10,14,18-25H2,(H,34,38). The highest BCUT2D eigenvalue weighted by molar-refractivity contribution is 5.96. The first-order chi connectivity index (χ1) is 20.0. The van der Waals surface area contributed by atoms with Crippen LogP contribution in [0.3, 0.4) is 0 Å². The van der Waals surface area contributed by atoms with Crippen molar-refractivity contribution in [2.24, 2.45) is 0 Å². The van der Waals surface area contributed by atoms with Crippen molar-refractivity contribution in [2.75, 3.05) is 39.4 Å². The third-order valence-electron chi connectivity index (χ3n) is 7.74. The molecule has 3 amide bonds. The van der Waals surface area contributed by atoms with Crippen LogP contribution in [-0.4, -0.2) is 72.5 Å². The minimum atomic E-state index is -1.16. The molecule has 1 N–H and O–H groups in total. The molecule has 41 heavy (non-hydrogen) atoms. The number of aryl methyl sites for hydroxylation is 1. The van der Waals surface area contributed by atoms with Gasteiger partial charge in [-0.05, 0) is 55.0 Å². The summed E-state index contributed by atoms with van der Waals surface area (Å²) in [6.45, 7) is 1.77. The quantitative estimate of drug-likeness (QED) is 0.517. The molecule has 3 aromatic rings. The van der Waals surface area contributed by atoms with E-state index in [-0.39, 0.29) is 37.4 Å². The second kappa shape index (κ2) is 13.5. The zero-order valence-corrected chi connectivity index (χ0v) is 23.3. The molecule has 2 aliphatic rings. The number of carbonyl (C=O) groups excluding carboxylic acids is 3. The lowest BCUT2D eigenvalue weighted by Gasteiger charge is -2.44. The highest BCUT2D eigenvalue weighted by atomic mass is 16.5. The van der Waals surface area contributed by atoms with Crippen LogP contribution in [0, 0.1) is 0 Å². The van der Waals surface area contributed by atoms with Crippen LogP contribution in [0.4, 0.5) is 0 Å². The molecular weight excluding hydrogens is 518 g/mol. The summed E-state index contributed by atoms with van der Waals surface area (Å²) >= 11 is 0. The summed E-state index contributed by atoms with van der Waals surface area (Å²) in [5, 5.41) is 2.72. The lowest BCUT2D eigenvalue weighted by Crippen LogP contribution is -2.62. The number of fused-ring (bicyclic) bond motifs is 1. The van der Waals surface area contributed by atoms with Crippen LogP contribution in [0.15, 0.2) is 84.9 Å². The largest absolute Gasteiger partial charge is 0.491 e. The summed E-state index contributed by atoms with van der Waals surface area (Å²) < 4.78 is 12.5. The number of carbonyl (C=O) groups is 3.